The van der Waals surface area contributed by atoms with Crippen LogP contribution in [-0.4, -0.2) is 60.4 Å². The lowest BCUT2D eigenvalue weighted by atomic mass is 10.1. The number of carbonyl (C=O) groups is 2. The van der Waals surface area contributed by atoms with E-state index in [1.807, 2.05) is 6.92 Å². The number of nitrogens with two attached hydrogens (primary N) is 1. The third kappa shape index (κ3) is 5.62. The number of carbonyl (C=O) groups excluding carboxylic acids is 1. The molecule has 2 unspecified atom stereocenters. The first-order valence-electron chi connectivity index (χ1n) is 7.25. The number of rotatable bonds is 8. The third-order valence-electron chi connectivity index (χ3n) is 3.67. The Hall–Kier alpha value is -1.15. The van der Waals surface area contributed by atoms with Crippen LogP contribution in [0, 0.1) is 0 Å². The number of hydrogen-bond donors (Lipinski definition) is 2. The number of aliphatic carboxylic acids is 1. The summed E-state index contributed by atoms with van der Waals surface area (Å²) in [4.78, 5) is 24.5. The number of nitrogens with zero attached hydrogens (tertiary/aromatic N) is 1. The van der Waals surface area contributed by atoms with Crippen LogP contribution in [0.2, 0.25) is 0 Å². The van der Waals surface area contributed by atoms with Crippen molar-refractivity contribution in [2.45, 2.75) is 51.1 Å². The molecular formula is C13H24N2O5S. The van der Waals surface area contributed by atoms with Gasteiger partial charge in [0.15, 0.2) is 9.84 Å². The lowest BCUT2D eigenvalue weighted by molar-refractivity contribution is -0.138. The molecule has 7 nitrogen and oxygen atoms in total. The van der Waals surface area contributed by atoms with Crippen molar-refractivity contribution in [3.8, 4) is 0 Å². The molecule has 0 aliphatic carbocycles. The van der Waals surface area contributed by atoms with Gasteiger partial charge in [0.1, 0.15) is 0 Å². The van der Waals surface area contributed by atoms with E-state index in [1.54, 1.807) is 4.90 Å². The maximum absolute atomic E-state index is 12.4. The minimum atomic E-state index is -3.08. The molecule has 0 spiro atoms. The Labute approximate surface area is 125 Å². The van der Waals surface area contributed by atoms with Gasteiger partial charge in [0.05, 0.1) is 17.5 Å². The highest BCUT2D eigenvalue weighted by molar-refractivity contribution is 7.91. The van der Waals surface area contributed by atoms with Crippen LogP contribution in [0.3, 0.4) is 0 Å². The molecule has 1 fully saturated rings. The number of carboxylic acids is 1. The van der Waals surface area contributed by atoms with E-state index in [9.17, 15) is 18.0 Å². The van der Waals surface area contributed by atoms with Crippen LogP contribution in [0.4, 0.5) is 0 Å². The van der Waals surface area contributed by atoms with Crippen LogP contribution >= 0.6 is 0 Å². The first kappa shape index (κ1) is 17.9. The number of unbranched alkanes of at least 4 members (excludes halogenated alkanes) is 1. The standard InChI is InChI=1S/C13H24N2O5S/c1-2-3-7-15(10-6-8-21(19,20)9-10)13(18)11(14)4-5-12(16)17/h10-11H,2-9,14H2,1H3,(H,16,17). The van der Waals surface area contributed by atoms with E-state index in [1.165, 1.54) is 0 Å². The van der Waals surface area contributed by atoms with Crippen molar-refractivity contribution in [1.29, 1.82) is 0 Å². The van der Waals surface area contributed by atoms with Crippen molar-refractivity contribution in [3.05, 3.63) is 0 Å². The van der Waals surface area contributed by atoms with Crippen molar-refractivity contribution < 1.29 is 23.1 Å². The Balaban J connectivity index is 2.72. The Morgan fingerprint density at radius 3 is 2.57 bits per heavy atom. The maximum Gasteiger partial charge on any atom is 0.303 e. The summed E-state index contributed by atoms with van der Waals surface area (Å²) in [6.07, 6.45) is 1.98. The average Bonchev–Trinajstić information content (AvgIpc) is 2.76. The first-order chi connectivity index (χ1) is 9.76. The van der Waals surface area contributed by atoms with Gasteiger partial charge in [-0.1, -0.05) is 13.3 Å². The van der Waals surface area contributed by atoms with Gasteiger partial charge in [-0.25, -0.2) is 8.42 Å². The molecule has 122 valence electrons. The second kappa shape index (κ2) is 7.74. The van der Waals surface area contributed by atoms with Gasteiger partial charge >= 0.3 is 5.97 Å². The molecule has 1 saturated heterocycles. The van der Waals surface area contributed by atoms with Gasteiger partial charge in [-0.05, 0) is 19.3 Å². The Morgan fingerprint density at radius 2 is 2.10 bits per heavy atom. The van der Waals surface area contributed by atoms with Crippen molar-refractivity contribution in [3.63, 3.8) is 0 Å². The highest BCUT2D eigenvalue weighted by Crippen LogP contribution is 2.19. The monoisotopic (exact) mass is 320 g/mol. The van der Waals surface area contributed by atoms with Crippen molar-refractivity contribution in [1.82, 2.24) is 4.90 Å². The quantitative estimate of drug-likeness (QED) is 0.649. The summed E-state index contributed by atoms with van der Waals surface area (Å²) in [7, 11) is -3.08. The van der Waals surface area contributed by atoms with Crippen molar-refractivity contribution in [2.24, 2.45) is 5.73 Å². The highest BCUT2D eigenvalue weighted by atomic mass is 32.2. The van der Waals surface area contributed by atoms with Gasteiger partial charge in [-0.2, -0.15) is 0 Å². The fourth-order valence-corrected chi connectivity index (χ4v) is 4.17. The molecule has 0 aromatic rings. The van der Waals surface area contributed by atoms with Crippen LogP contribution in [0.15, 0.2) is 0 Å². The van der Waals surface area contributed by atoms with Crippen LogP contribution in [-0.2, 0) is 19.4 Å². The van der Waals surface area contributed by atoms with E-state index in [0.29, 0.717) is 13.0 Å². The molecule has 2 atom stereocenters. The molecule has 1 aliphatic heterocycles. The molecular weight excluding hydrogens is 296 g/mol. The Morgan fingerprint density at radius 1 is 1.43 bits per heavy atom. The highest BCUT2D eigenvalue weighted by Gasteiger charge is 2.35. The number of hydrogen-bond acceptors (Lipinski definition) is 5. The maximum atomic E-state index is 12.4. The zero-order chi connectivity index (χ0) is 16.0. The van der Waals surface area contributed by atoms with Gasteiger partial charge < -0.3 is 15.7 Å². The van der Waals surface area contributed by atoms with E-state index in [0.717, 1.165) is 12.8 Å². The van der Waals surface area contributed by atoms with Crippen molar-refractivity contribution in [2.75, 3.05) is 18.1 Å². The van der Waals surface area contributed by atoms with E-state index >= 15 is 0 Å². The van der Waals surface area contributed by atoms with E-state index < -0.39 is 21.8 Å². The van der Waals surface area contributed by atoms with Gasteiger partial charge in [-0.15, -0.1) is 0 Å². The fraction of sp³-hybridized carbons (Fsp3) is 0.846. The van der Waals surface area contributed by atoms with Gasteiger partial charge in [0, 0.05) is 19.0 Å². The number of amides is 1. The zero-order valence-electron chi connectivity index (χ0n) is 12.3. The first-order valence-corrected chi connectivity index (χ1v) is 9.07. The normalized spacial score (nSPS) is 21.9. The molecule has 0 saturated carbocycles. The van der Waals surface area contributed by atoms with Crippen LogP contribution in [0.1, 0.15) is 39.0 Å². The summed E-state index contributed by atoms with van der Waals surface area (Å²) in [5.74, 6) is -1.26. The van der Waals surface area contributed by atoms with Crippen molar-refractivity contribution >= 4 is 21.7 Å². The summed E-state index contributed by atoms with van der Waals surface area (Å²) in [6.45, 7) is 2.45. The Kier molecular flexibility index (Phi) is 6.60. The van der Waals surface area contributed by atoms with Crippen LogP contribution < -0.4 is 5.73 Å². The molecule has 1 aliphatic rings. The van der Waals surface area contributed by atoms with E-state index in [2.05, 4.69) is 0 Å². The molecule has 0 radical (unpaired) electrons. The van der Waals surface area contributed by atoms with Gasteiger partial charge in [-0.3, -0.25) is 9.59 Å². The summed E-state index contributed by atoms with van der Waals surface area (Å²) >= 11 is 0. The molecule has 0 bridgehead atoms. The molecule has 0 aromatic carbocycles. The molecule has 3 N–H and O–H groups in total. The lowest BCUT2D eigenvalue weighted by Crippen LogP contribution is -2.49. The van der Waals surface area contributed by atoms with E-state index in [4.69, 9.17) is 10.8 Å². The zero-order valence-corrected chi connectivity index (χ0v) is 13.1. The van der Waals surface area contributed by atoms with E-state index in [-0.39, 0.29) is 36.3 Å². The van der Waals surface area contributed by atoms with Crippen LogP contribution in [0.5, 0.6) is 0 Å². The summed E-state index contributed by atoms with van der Waals surface area (Å²) in [5.41, 5.74) is 5.77. The lowest BCUT2D eigenvalue weighted by Gasteiger charge is -2.30. The molecule has 21 heavy (non-hydrogen) atoms. The SMILES string of the molecule is CCCCN(C(=O)C(N)CCC(=O)O)C1CCS(=O)(=O)C1. The minimum absolute atomic E-state index is 0.0197. The average molecular weight is 320 g/mol. The largest absolute Gasteiger partial charge is 0.481 e. The third-order valence-corrected chi connectivity index (χ3v) is 5.42. The predicted octanol–water partition coefficient (Wildman–Crippen LogP) is -0.00570. The summed E-state index contributed by atoms with van der Waals surface area (Å²) in [5, 5.41) is 8.64. The van der Waals surface area contributed by atoms with Crippen LogP contribution in [0.25, 0.3) is 0 Å². The molecule has 1 heterocycles. The summed E-state index contributed by atoms with van der Waals surface area (Å²) in [6, 6.07) is -1.22. The molecule has 1 amide bonds. The minimum Gasteiger partial charge on any atom is -0.481 e. The number of sulfone groups is 1. The Bertz CT molecular complexity index is 477. The topological polar surface area (TPSA) is 118 Å². The second-order valence-corrected chi connectivity index (χ2v) is 7.71. The van der Waals surface area contributed by atoms with Gasteiger partial charge in [0.2, 0.25) is 5.91 Å². The molecule has 8 heteroatoms. The second-order valence-electron chi connectivity index (χ2n) is 5.48. The molecule has 1 rings (SSSR count). The summed E-state index contributed by atoms with van der Waals surface area (Å²) < 4.78 is 23.2. The van der Waals surface area contributed by atoms with Gasteiger partial charge in [0.25, 0.3) is 0 Å². The molecule has 0 aromatic heterocycles. The predicted molar refractivity (Wildman–Crippen MR) is 78.5 cm³/mol. The fourth-order valence-electron chi connectivity index (χ4n) is 2.44. The smallest absolute Gasteiger partial charge is 0.303 e. The number of carboxylic acid groups (broad SMARTS) is 1.